The van der Waals surface area contributed by atoms with Crippen LogP contribution in [0.2, 0.25) is 0 Å². The molecule has 130 valence electrons. The molecule has 4 aliphatic carbocycles. The van der Waals surface area contributed by atoms with Gasteiger partial charge in [0.1, 0.15) is 5.78 Å². The number of allylic oxidation sites excluding steroid dienone is 2. The SMILES string of the molecule is CC.CC1=CCC2C3CCC4CC(=O)CCC4(C)C3CCC12C. The maximum atomic E-state index is 11.9. The van der Waals surface area contributed by atoms with Gasteiger partial charge in [-0.25, -0.2) is 0 Å². The molecule has 0 amide bonds. The molecule has 3 fully saturated rings. The van der Waals surface area contributed by atoms with Crippen molar-refractivity contribution >= 4 is 5.78 Å². The molecule has 0 N–H and O–H groups in total. The van der Waals surface area contributed by atoms with Crippen LogP contribution >= 0.6 is 0 Å². The number of carbonyl (C=O) groups is 1. The number of carbonyl (C=O) groups excluding carboxylic acids is 1. The van der Waals surface area contributed by atoms with Crippen molar-refractivity contribution in [1.82, 2.24) is 0 Å². The van der Waals surface area contributed by atoms with Crippen LogP contribution in [-0.2, 0) is 4.79 Å². The van der Waals surface area contributed by atoms with Gasteiger partial charge in [-0.3, -0.25) is 4.79 Å². The summed E-state index contributed by atoms with van der Waals surface area (Å²) in [6.45, 7) is 11.4. The van der Waals surface area contributed by atoms with Crippen molar-refractivity contribution in [2.75, 3.05) is 0 Å². The highest BCUT2D eigenvalue weighted by atomic mass is 16.1. The number of fused-ring (bicyclic) bond motifs is 5. The highest BCUT2D eigenvalue weighted by molar-refractivity contribution is 5.79. The average molecular weight is 317 g/mol. The Balaban J connectivity index is 0.000000753. The molecule has 4 rings (SSSR count). The summed E-state index contributed by atoms with van der Waals surface area (Å²) in [5.41, 5.74) is 2.63. The minimum absolute atomic E-state index is 0.467. The van der Waals surface area contributed by atoms with Gasteiger partial charge in [-0.2, -0.15) is 0 Å². The lowest BCUT2D eigenvalue weighted by molar-refractivity contribution is -0.137. The van der Waals surface area contributed by atoms with Gasteiger partial charge in [0.25, 0.3) is 0 Å². The molecular weight excluding hydrogens is 280 g/mol. The first-order valence-corrected chi connectivity index (χ1v) is 10.1. The van der Waals surface area contributed by atoms with Gasteiger partial charge < -0.3 is 0 Å². The van der Waals surface area contributed by atoms with Crippen LogP contribution in [0.15, 0.2) is 11.6 Å². The molecule has 3 saturated carbocycles. The van der Waals surface area contributed by atoms with Crippen molar-refractivity contribution in [2.24, 2.45) is 34.5 Å². The van der Waals surface area contributed by atoms with E-state index >= 15 is 0 Å². The van der Waals surface area contributed by atoms with Gasteiger partial charge in [0.05, 0.1) is 0 Å². The van der Waals surface area contributed by atoms with Gasteiger partial charge in [-0.15, -0.1) is 0 Å². The second-order valence-electron chi connectivity index (χ2n) is 8.98. The molecular formula is C22H36O. The first kappa shape index (κ1) is 17.2. The average Bonchev–Trinajstić information content (AvgIpc) is 2.86. The molecule has 0 heterocycles. The molecule has 0 aliphatic heterocycles. The lowest BCUT2D eigenvalue weighted by atomic mass is 9.45. The third kappa shape index (κ3) is 2.45. The minimum atomic E-state index is 0.467. The van der Waals surface area contributed by atoms with Crippen LogP contribution < -0.4 is 0 Å². The van der Waals surface area contributed by atoms with Gasteiger partial charge in [-0.1, -0.05) is 39.3 Å². The van der Waals surface area contributed by atoms with E-state index in [9.17, 15) is 4.79 Å². The summed E-state index contributed by atoms with van der Waals surface area (Å²) >= 11 is 0. The van der Waals surface area contributed by atoms with E-state index in [1.165, 1.54) is 38.5 Å². The van der Waals surface area contributed by atoms with Crippen molar-refractivity contribution in [3.05, 3.63) is 11.6 Å². The minimum Gasteiger partial charge on any atom is -0.300 e. The van der Waals surface area contributed by atoms with Crippen LogP contribution in [0.1, 0.15) is 86.0 Å². The zero-order valence-corrected chi connectivity index (χ0v) is 16.0. The lowest BCUT2D eigenvalue weighted by Crippen LogP contribution is -2.53. The Kier molecular flexibility index (Phi) is 4.53. The number of rotatable bonds is 0. The molecule has 0 aromatic heterocycles. The Bertz CT molecular complexity index is 504. The van der Waals surface area contributed by atoms with E-state index in [2.05, 4.69) is 26.8 Å². The predicted molar refractivity (Wildman–Crippen MR) is 97.2 cm³/mol. The molecule has 0 bridgehead atoms. The van der Waals surface area contributed by atoms with Crippen molar-refractivity contribution in [3.63, 3.8) is 0 Å². The molecule has 4 aliphatic rings. The number of hydrogen-bond acceptors (Lipinski definition) is 1. The van der Waals surface area contributed by atoms with E-state index in [1.54, 1.807) is 5.57 Å². The van der Waals surface area contributed by atoms with E-state index < -0.39 is 0 Å². The standard InChI is InChI=1S/C20H30O.C2H6/c1-13-4-7-17-16-6-5-14-12-15(21)8-10-20(14,3)18(16)9-11-19(13,17)2;1-2/h4,14,16-18H,5-12H2,1-3H3;1-2H3. The van der Waals surface area contributed by atoms with Crippen molar-refractivity contribution < 1.29 is 4.79 Å². The zero-order valence-electron chi connectivity index (χ0n) is 16.0. The smallest absolute Gasteiger partial charge is 0.133 e. The first-order valence-electron chi connectivity index (χ1n) is 10.1. The number of ketones is 1. The van der Waals surface area contributed by atoms with E-state index in [0.717, 1.165) is 30.6 Å². The van der Waals surface area contributed by atoms with E-state index in [1.807, 2.05) is 13.8 Å². The summed E-state index contributed by atoms with van der Waals surface area (Å²) in [4.78, 5) is 11.9. The quantitative estimate of drug-likeness (QED) is 0.488. The third-order valence-corrected chi connectivity index (χ3v) is 8.45. The Labute approximate surface area is 143 Å². The fourth-order valence-electron chi connectivity index (χ4n) is 6.83. The van der Waals surface area contributed by atoms with E-state index in [-0.39, 0.29) is 0 Å². The third-order valence-electron chi connectivity index (χ3n) is 8.45. The summed E-state index contributed by atoms with van der Waals surface area (Å²) < 4.78 is 0. The molecule has 0 aromatic carbocycles. The fourth-order valence-corrected chi connectivity index (χ4v) is 6.83. The normalized spacial score (nSPS) is 48.4. The Morgan fingerprint density at radius 3 is 2.52 bits per heavy atom. The second-order valence-corrected chi connectivity index (χ2v) is 8.98. The molecule has 0 aromatic rings. The summed E-state index contributed by atoms with van der Waals surface area (Å²) in [6.07, 6.45) is 12.3. The topological polar surface area (TPSA) is 17.1 Å². The monoisotopic (exact) mass is 316 g/mol. The molecule has 0 saturated heterocycles. The van der Waals surface area contributed by atoms with Crippen molar-refractivity contribution in [2.45, 2.75) is 86.0 Å². The second kappa shape index (κ2) is 6.05. The van der Waals surface area contributed by atoms with Crippen molar-refractivity contribution in [3.8, 4) is 0 Å². The number of hydrogen-bond donors (Lipinski definition) is 0. The van der Waals surface area contributed by atoms with Crippen LogP contribution in [0, 0.1) is 34.5 Å². The van der Waals surface area contributed by atoms with Crippen LogP contribution in [0.4, 0.5) is 0 Å². The van der Waals surface area contributed by atoms with Crippen LogP contribution in [0.25, 0.3) is 0 Å². The number of Topliss-reactive ketones (excluding diaryl/α,β-unsaturated/α-hetero) is 1. The fraction of sp³-hybridized carbons (Fsp3) is 0.864. The Hall–Kier alpha value is -0.590. The van der Waals surface area contributed by atoms with Gasteiger partial charge >= 0.3 is 0 Å². The lowest BCUT2D eigenvalue weighted by Gasteiger charge is -2.60. The van der Waals surface area contributed by atoms with Gasteiger partial charge in [0.2, 0.25) is 0 Å². The van der Waals surface area contributed by atoms with Crippen molar-refractivity contribution in [1.29, 1.82) is 0 Å². The molecule has 1 nitrogen and oxygen atoms in total. The van der Waals surface area contributed by atoms with Gasteiger partial charge in [0.15, 0.2) is 0 Å². The van der Waals surface area contributed by atoms with Crippen LogP contribution in [0.5, 0.6) is 0 Å². The maximum absolute atomic E-state index is 11.9. The van der Waals surface area contributed by atoms with Gasteiger partial charge in [0, 0.05) is 12.8 Å². The molecule has 1 heteroatoms. The van der Waals surface area contributed by atoms with Gasteiger partial charge in [-0.05, 0) is 80.0 Å². The Morgan fingerprint density at radius 2 is 1.78 bits per heavy atom. The predicted octanol–water partition coefficient (Wildman–Crippen LogP) is 6.18. The van der Waals surface area contributed by atoms with Crippen LogP contribution in [0.3, 0.4) is 0 Å². The Morgan fingerprint density at radius 1 is 1.04 bits per heavy atom. The molecule has 23 heavy (non-hydrogen) atoms. The largest absolute Gasteiger partial charge is 0.300 e. The zero-order chi connectivity index (χ0) is 16.8. The first-order chi connectivity index (χ1) is 10.9. The summed E-state index contributed by atoms with van der Waals surface area (Å²) in [7, 11) is 0. The summed E-state index contributed by atoms with van der Waals surface area (Å²) in [6, 6.07) is 0. The molecule has 0 radical (unpaired) electrons. The summed E-state index contributed by atoms with van der Waals surface area (Å²) in [5.74, 6) is 3.94. The van der Waals surface area contributed by atoms with E-state index in [4.69, 9.17) is 0 Å². The highest BCUT2D eigenvalue weighted by Gasteiger charge is 2.57. The van der Waals surface area contributed by atoms with Crippen LogP contribution in [-0.4, -0.2) is 5.78 Å². The highest BCUT2D eigenvalue weighted by Crippen LogP contribution is 2.65. The summed E-state index contributed by atoms with van der Waals surface area (Å²) in [5, 5.41) is 0. The van der Waals surface area contributed by atoms with E-state index in [0.29, 0.717) is 22.5 Å². The molecule has 0 spiro atoms. The molecule has 6 unspecified atom stereocenters. The maximum Gasteiger partial charge on any atom is 0.133 e. The molecule has 6 atom stereocenters.